The molecular weight excluding hydrogens is 348 g/mol. The molecule has 0 amide bonds. The highest BCUT2D eigenvalue weighted by molar-refractivity contribution is 7.99. The van der Waals surface area contributed by atoms with E-state index in [2.05, 4.69) is 31.7 Å². The van der Waals surface area contributed by atoms with Gasteiger partial charge in [-0.15, -0.1) is 0 Å². The highest BCUT2D eigenvalue weighted by atomic mass is 32.2. The van der Waals surface area contributed by atoms with Crippen molar-refractivity contribution in [3.8, 4) is 0 Å². The fourth-order valence-corrected chi connectivity index (χ4v) is 5.93. The molecule has 3 atom stereocenters. The van der Waals surface area contributed by atoms with Gasteiger partial charge in [0.1, 0.15) is 0 Å². The molecule has 26 heavy (non-hydrogen) atoms. The second-order valence-corrected chi connectivity index (χ2v) is 10.1. The van der Waals surface area contributed by atoms with Gasteiger partial charge in [0, 0.05) is 17.1 Å². The number of hydrogen-bond acceptors (Lipinski definition) is 5. The Kier molecular flexibility index (Phi) is 6.63. The third-order valence-corrected chi connectivity index (χ3v) is 8.10. The van der Waals surface area contributed by atoms with Gasteiger partial charge in [-0.25, -0.2) is 0 Å². The summed E-state index contributed by atoms with van der Waals surface area (Å²) in [5.41, 5.74) is 1.53. The Bertz CT molecular complexity index is 472. The minimum absolute atomic E-state index is 0.351. The molecule has 3 fully saturated rings. The lowest BCUT2D eigenvalue weighted by Gasteiger charge is -2.41. The average molecular weight is 383 g/mol. The lowest BCUT2D eigenvalue weighted by atomic mass is 9.81. The molecule has 0 bridgehead atoms. The van der Waals surface area contributed by atoms with Crippen LogP contribution in [0, 0.1) is 23.7 Å². The van der Waals surface area contributed by atoms with Crippen molar-refractivity contribution < 1.29 is 18.9 Å². The van der Waals surface area contributed by atoms with Crippen LogP contribution in [0.5, 0.6) is 0 Å². The van der Waals surface area contributed by atoms with Crippen LogP contribution in [0.25, 0.3) is 0 Å². The molecule has 3 saturated heterocycles. The summed E-state index contributed by atoms with van der Waals surface area (Å²) in [6.45, 7) is 7.67. The number of ether oxygens (including phenoxy) is 4. The van der Waals surface area contributed by atoms with Gasteiger partial charge in [-0.1, -0.05) is 18.6 Å². The Morgan fingerprint density at radius 3 is 1.92 bits per heavy atom. The van der Waals surface area contributed by atoms with Crippen LogP contribution in [0.3, 0.4) is 0 Å². The standard InChI is InChI=1S/C21H34O4S/c1-14-3-6-16(7-4-14)18-9-22-20(23-10-18)21-24-11-19(12-25-21)17-8-5-15(2)26-13-17/h3,15-21H,4-13H2,1-2H3. The zero-order chi connectivity index (χ0) is 17.9. The van der Waals surface area contributed by atoms with Gasteiger partial charge in [-0.2, -0.15) is 11.8 Å². The minimum atomic E-state index is -0.353. The molecule has 5 heteroatoms. The third kappa shape index (κ3) is 4.67. The number of hydrogen-bond donors (Lipinski definition) is 0. The topological polar surface area (TPSA) is 36.9 Å². The van der Waals surface area contributed by atoms with E-state index in [1.807, 2.05) is 0 Å². The summed E-state index contributed by atoms with van der Waals surface area (Å²) < 4.78 is 24.0. The summed E-state index contributed by atoms with van der Waals surface area (Å²) in [5, 5.41) is 0.810. The Hall–Kier alpha value is -0.0700. The Labute approximate surface area is 162 Å². The van der Waals surface area contributed by atoms with Crippen molar-refractivity contribution in [2.24, 2.45) is 23.7 Å². The summed E-state index contributed by atoms with van der Waals surface area (Å²) in [6.07, 6.45) is 7.97. The summed E-state index contributed by atoms with van der Waals surface area (Å²) in [5.74, 6) is 3.71. The molecule has 0 aromatic heterocycles. The van der Waals surface area contributed by atoms with Gasteiger partial charge in [0.05, 0.1) is 26.4 Å². The first-order valence-electron chi connectivity index (χ1n) is 10.4. The van der Waals surface area contributed by atoms with Gasteiger partial charge in [0.2, 0.25) is 12.6 Å². The van der Waals surface area contributed by atoms with Gasteiger partial charge in [-0.3, -0.25) is 0 Å². The molecule has 3 unspecified atom stereocenters. The molecule has 3 aliphatic heterocycles. The third-order valence-electron chi connectivity index (χ3n) is 6.67. The van der Waals surface area contributed by atoms with Crippen molar-refractivity contribution in [1.29, 1.82) is 0 Å². The van der Waals surface area contributed by atoms with E-state index in [0.29, 0.717) is 17.8 Å². The second-order valence-electron chi connectivity index (χ2n) is 8.66. The molecular formula is C21H34O4S. The number of allylic oxidation sites excluding steroid dienone is 2. The van der Waals surface area contributed by atoms with Crippen molar-refractivity contribution >= 4 is 11.8 Å². The van der Waals surface area contributed by atoms with E-state index in [4.69, 9.17) is 18.9 Å². The van der Waals surface area contributed by atoms with Gasteiger partial charge in [0.15, 0.2) is 0 Å². The molecule has 0 N–H and O–H groups in total. The van der Waals surface area contributed by atoms with E-state index >= 15 is 0 Å². The molecule has 0 saturated carbocycles. The van der Waals surface area contributed by atoms with Crippen molar-refractivity contribution in [2.75, 3.05) is 32.2 Å². The molecule has 0 aromatic rings. The van der Waals surface area contributed by atoms with Crippen LogP contribution in [0.15, 0.2) is 11.6 Å². The average Bonchev–Trinajstić information content (AvgIpc) is 2.70. The molecule has 0 aromatic carbocycles. The number of thioether (sulfide) groups is 1. The van der Waals surface area contributed by atoms with E-state index in [9.17, 15) is 0 Å². The zero-order valence-corrected chi connectivity index (χ0v) is 17.0. The lowest BCUT2D eigenvalue weighted by Crippen LogP contribution is -2.48. The fraction of sp³-hybridized carbons (Fsp3) is 0.905. The zero-order valence-electron chi connectivity index (χ0n) is 16.2. The predicted octanol–water partition coefficient (Wildman–Crippen LogP) is 4.24. The summed E-state index contributed by atoms with van der Waals surface area (Å²) >= 11 is 2.10. The first-order chi connectivity index (χ1) is 12.7. The Morgan fingerprint density at radius 1 is 0.808 bits per heavy atom. The maximum Gasteiger partial charge on any atom is 0.209 e. The van der Waals surface area contributed by atoms with E-state index in [1.54, 1.807) is 0 Å². The van der Waals surface area contributed by atoms with Crippen molar-refractivity contribution in [2.45, 2.75) is 63.8 Å². The molecule has 4 aliphatic rings. The predicted molar refractivity (Wildman–Crippen MR) is 104 cm³/mol. The largest absolute Gasteiger partial charge is 0.348 e. The second kappa shape index (κ2) is 8.95. The monoisotopic (exact) mass is 382 g/mol. The summed E-state index contributed by atoms with van der Waals surface area (Å²) in [4.78, 5) is 0. The van der Waals surface area contributed by atoms with Crippen LogP contribution in [0.1, 0.15) is 46.0 Å². The van der Waals surface area contributed by atoms with Gasteiger partial charge in [0.25, 0.3) is 0 Å². The highest BCUT2D eigenvalue weighted by Crippen LogP contribution is 2.36. The van der Waals surface area contributed by atoms with Crippen LogP contribution in [0.2, 0.25) is 0 Å². The summed E-state index contributed by atoms with van der Waals surface area (Å²) in [6, 6.07) is 0. The molecule has 148 valence electrons. The highest BCUT2D eigenvalue weighted by Gasteiger charge is 2.38. The van der Waals surface area contributed by atoms with Crippen molar-refractivity contribution in [1.82, 2.24) is 0 Å². The smallest absolute Gasteiger partial charge is 0.209 e. The first-order valence-corrected chi connectivity index (χ1v) is 11.5. The van der Waals surface area contributed by atoms with Crippen molar-refractivity contribution in [3.05, 3.63) is 11.6 Å². The maximum atomic E-state index is 6.01. The van der Waals surface area contributed by atoms with Crippen LogP contribution in [-0.2, 0) is 18.9 Å². The summed E-state index contributed by atoms with van der Waals surface area (Å²) in [7, 11) is 0. The maximum absolute atomic E-state index is 6.01. The van der Waals surface area contributed by atoms with Crippen molar-refractivity contribution in [3.63, 3.8) is 0 Å². The molecule has 4 nitrogen and oxygen atoms in total. The van der Waals surface area contributed by atoms with E-state index in [-0.39, 0.29) is 12.6 Å². The van der Waals surface area contributed by atoms with Gasteiger partial charge < -0.3 is 18.9 Å². The Balaban J connectivity index is 1.19. The molecule has 0 radical (unpaired) electrons. The Morgan fingerprint density at radius 2 is 1.42 bits per heavy atom. The quantitative estimate of drug-likeness (QED) is 0.682. The van der Waals surface area contributed by atoms with Gasteiger partial charge in [-0.05, 0) is 56.6 Å². The van der Waals surface area contributed by atoms with Crippen LogP contribution < -0.4 is 0 Å². The fourth-order valence-electron chi connectivity index (χ4n) is 4.61. The lowest BCUT2D eigenvalue weighted by molar-refractivity contribution is -0.335. The van der Waals surface area contributed by atoms with Crippen LogP contribution >= 0.6 is 11.8 Å². The minimum Gasteiger partial charge on any atom is -0.348 e. The molecule has 0 spiro atoms. The molecule has 1 aliphatic carbocycles. The normalized spacial score (nSPS) is 45.2. The van der Waals surface area contributed by atoms with Crippen LogP contribution in [0.4, 0.5) is 0 Å². The number of rotatable bonds is 3. The van der Waals surface area contributed by atoms with E-state index in [1.165, 1.54) is 43.4 Å². The van der Waals surface area contributed by atoms with E-state index in [0.717, 1.165) is 37.6 Å². The molecule has 3 heterocycles. The molecule has 4 rings (SSSR count). The van der Waals surface area contributed by atoms with E-state index < -0.39 is 0 Å². The SMILES string of the molecule is CC1=CCC(C2COC(C3OCC(C4CCC(C)SC4)CO3)OC2)CC1. The first kappa shape index (κ1) is 19.3. The van der Waals surface area contributed by atoms with Crippen LogP contribution in [-0.4, -0.2) is 50.0 Å². The van der Waals surface area contributed by atoms with Gasteiger partial charge >= 0.3 is 0 Å².